The fourth-order valence-electron chi connectivity index (χ4n) is 5.24. The standard InChI is InChI=1S/C25H23Cl2NO6/c1-12-8-16-13(10-24(11-28,33-16)14-6-4-5-7-15(14)26)22(29)25(12)23(30)19-17(31-2)9-18(32-3)20(27)21(19)34-25/h4-7,9,12H,8,10-11,28H2,1-3H3/t12-,24+,25+/m1/s1. The third-order valence-corrected chi connectivity index (χ3v) is 7.72. The molecule has 0 amide bonds. The van der Waals surface area contributed by atoms with Crippen molar-refractivity contribution in [1.82, 2.24) is 0 Å². The summed E-state index contributed by atoms with van der Waals surface area (Å²) in [5.41, 5.74) is 4.59. The number of methoxy groups -OCH3 is 2. The van der Waals surface area contributed by atoms with Crippen LogP contribution in [0.5, 0.6) is 17.2 Å². The van der Waals surface area contributed by atoms with Crippen LogP contribution in [-0.4, -0.2) is 37.9 Å². The molecule has 7 nitrogen and oxygen atoms in total. The lowest BCUT2D eigenvalue weighted by Crippen LogP contribution is -2.56. The predicted molar refractivity (Wildman–Crippen MR) is 126 cm³/mol. The zero-order chi connectivity index (χ0) is 24.4. The van der Waals surface area contributed by atoms with Gasteiger partial charge in [0.1, 0.15) is 27.8 Å². The number of nitrogens with two attached hydrogens (primary N) is 1. The van der Waals surface area contributed by atoms with Gasteiger partial charge in [-0.25, -0.2) is 0 Å². The van der Waals surface area contributed by atoms with Crippen molar-refractivity contribution in [3.8, 4) is 17.2 Å². The highest BCUT2D eigenvalue weighted by molar-refractivity contribution is 6.36. The summed E-state index contributed by atoms with van der Waals surface area (Å²) in [4.78, 5) is 27.9. The fourth-order valence-corrected chi connectivity index (χ4v) is 5.81. The van der Waals surface area contributed by atoms with Crippen LogP contribution >= 0.6 is 23.2 Å². The Bertz CT molecular complexity index is 1270. The van der Waals surface area contributed by atoms with Crippen LogP contribution in [0.15, 0.2) is 41.7 Å². The number of hydrogen-bond acceptors (Lipinski definition) is 7. The monoisotopic (exact) mass is 503 g/mol. The molecule has 0 saturated heterocycles. The average Bonchev–Trinajstić information content (AvgIpc) is 3.36. The number of hydrogen-bond donors (Lipinski definition) is 1. The Morgan fingerprint density at radius 1 is 1.09 bits per heavy atom. The molecule has 9 heteroatoms. The van der Waals surface area contributed by atoms with Gasteiger partial charge in [0.2, 0.25) is 17.2 Å². The van der Waals surface area contributed by atoms with E-state index in [2.05, 4.69) is 0 Å². The van der Waals surface area contributed by atoms with Gasteiger partial charge in [-0.15, -0.1) is 0 Å². The van der Waals surface area contributed by atoms with Gasteiger partial charge in [-0.3, -0.25) is 9.59 Å². The number of halogens is 2. The summed E-state index contributed by atoms with van der Waals surface area (Å²) in [5.74, 6) is -0.377. The van der Waals surface area contributed by atoms with Crippen molar-refractivity contribution in [1.29, 1.82) is 0 Å². The average molecular weight is 504 g/mol. The van der Waals surface area contributed by atoms with Crippen molar-refractivity contribution in [3.63, 3.8) is 0 Å². The molecule has 2 aromatic carbocycles. The van der Waals surface area contributed by atoms with Crippen LogP contribution in [0.4, 0.5) is 0 Å². The number of rotatable bonds is 4. The molecule has 1 spiro atoms. The third kappa shape index (κ3) is 2.87. The highest BCUT2D eigenvalue weighted by atomic mass is 35.5. The van der Waals surface area contributed by atoms with Gasteiger partial charge in [-0.2, -0.15) is 0 Å². The van der Waals surface area contributed by atoms with Gasteiger partial charge in [0.15, 0.2) is 11.4 Å². The number of carbonyl (C=O) groups excluding carboxylic acids is 2. The van der Waals surface area contributed by atoms with E-state index in [-0.39, 0.29) is 40.8 Å². The molecule has 2 aromatic rings. The van der Waals surface area contributed by atoms with Crippen molar-refractivity contribution in [2.45, 2.75) is 31.0 Å². The van der Waals surface area contributed by atoms with Gasteiger partial charge in [-0.05, 0) is 6.07 Å². The van der Waals surface area contributed by atoms with Gasteiger partial charge in [0.05, 0.1) is 14.2 Å². The Labute approximate surface area is 206 Å². The Morgan fingerprint density at radius 2 is 1.79 bits per heavy atom. The lowest BCUT2D eigenvalue weighted by molar-refractivity contribution is -0.130. The number of Topliss-reactive ketones (excluding diaryl/α,β-unsaturated/α-hetero) is 2. The molecule has 0 aromatic heterocycles. The molecule has 2 aliphatic heterocycles. The molecule has 3 atom stereocenters. The molecule has 2 heterocycles. The third-order valence-electron chi connectivity index (χ3n) is 7.03. The van der Waals surface area contributed by atoms with Gasteiger partial charge in [0.25, 0.3) is 0 Å². The number of ether oxygens (including phenoxy) is 4. The van der Waals surface area contributed by atoms with E-state index in [1.165, 1.54) is 20.3 Å². The summed E-state index contributed by atoms with van der Waals surface area (Å²) in [6, 6.07) is 8.76. The van der Waals surface area contributed by atoms with E-state index in [0.29, 0.717) is 28.3 Å². The quantitative estimate of drug-likeness (QED) is 0.614. The summed E-state index contributed by atoms with van der Waals surface area (Å²) >= 11 is 12.9. The molecule has 0 radical (unpaired) electrons. The summed E-state index contributed by atoms with van der Waals surface area (Å²) < 4.78 is 23.3. The van der Waals surface area contributed by atoms with Crippen LogP contribution in [0, 0.1) is 5.92 Å². The first-order chi connectivity index (χ1) is 16.2. The van der Waals surface area contributed by atoms with Crippen molar-refractivity contribution in [2.24, 2.45) is 11.7 Å². The van der Waals surface area contributed by atoms with Crippen molar-refractivity contribution >= 4 is 34.8 Å². The molecular formula is C25H23Cl2NO6. The van der Waals surface area contributed by atoms with Crippen LogP contribution in [0.3, 0.4) is 0 Å². The highest BCUT2D eigenvalue weighted by Crippen LogP contribution is 2.57. The van der Waals surface area contributed by atoms with Crippen LogP contribution < -0.4 is 19.9 Å². The first kappa shape index (κ1) is 23.0. The maximum absolute atomic E-state index is 14.0. The summed E-state index contributed by atoms with van der Waals surface area (Å²) in [6.45, 7) is 1.88. The van der Waals surface area contributed by atoms with E-state index < -0.39 is 28.7 Å². The molecule has 5 rings (SSSR count). The fraction of sp³-hybridized carbons (Fsp3) is 0.360. The topological polar surface area (TPSA) is 97.1 Å². The Hall–Kier alpha value is -2.74. The van der Waals surface area contributed by atoms with Crippen LogP contribution in [0.2, 0.25) is 10.0 Å². The van der Waals surface area contributed by atoms with Crippen molar-refractivity contribution in [3.05, 3.63) is 62.8 Å². The molecule has 2 N–H and O–H groups in total. The van der Waals surface area contributed by atoms with Crippen LogP contribution in [0.1, 0.15) is 35.7 Å². The van der Waals surface area contributed by atoms with Gasteiger partial charge in [0, 0.05) is 47.5 Å². The molecule has 34 heavy (non-hydrogen) atoms. The Morgan fingerprint density at radius 3 is 2.44 bits per heavy atom. The van der Waals surface area contributed by atoms with Gasteiger partial charge >= 0.3 is 0 Å². The maximum atomic E-state index is 14.0. The second-order valence-electron chi connectivity index (χ2n) is 8.76. The minimum atomic E-state index is -1.78. The number of fused-ring (bicyclic) bond motifs is 1. The van der Waals surface area contributed by atoms with Crippen LogP contribution in [0.25, 0.3) is 0 Å². The second-order valence-corrected chi connectivity index (χ2v) is 9.54. The zero-order valence-electron chi connectivity index (χ0n) is 18.9. The van der Waals surface area contributed by atoms with E-state index in [0.717, 1.165) is 0 Å². The molecule has 1 aliphatic carbocycles. The molecule has 0 unspecified atom stereocenters. The van der Waals surface area contributed by atoms with Crippen molar-refractivity contribution in [2.75, 3.05) is 20.8 Å². The van der Waals surface area contributed by atoms with E-state index in [1.54, 1.807) is 13.0 Å². The zero-order valence-corrected chi connectivity index (χ0v) is 20.4. The van der Waals surface area contributed by atoms with E-state index in [9.17, 15) is 9.59 Å². The number of ketones is 2. The Kier molecular flexibility index (Phi) is 5.35. The Balaban J connectivity index is 1.59. The molecule has 178 valence electrons. The summed E-state index contributed by atoms with van der Waals surface area (Å²) in [6.07, 6.45) is 0.487. The molecular weight excluding hydrogens is 481 g/mol. The predicted octanol–water partition coefficient (Wildman–Crippen LogP) is 4.46. The molecule has 3 aliphatic rings. The van der Waals surface area contributed by atoms with Gasteiger partial charge in [-0.1, -0.05) is 48.3 Å². The minimum Gasteiger partial charge on any atom is -0.496 e. The van der Waals surface area contributed by atoms with E-state index in [1.807, 2.05) is 18.2 Å². The normalized spacial score (nSPS) is 27.4. The smallest absolute Gasteiger partial charge is 0.236 e. The number of allylic oxidation sites excluding steroid dienone is 1. The SMILES string of the molecule is COc1cc(OC)c2c(c1Cl)O[C@@]1(C(=O)C3=C(C[C@H]1C)O[C@@](CN)(c1ccccc1Cl)C3)C2=O. The lowest BCUT2D eigenvalue weighted by atomic mass is 9.70. The number of carbonyl (C=O) groups is 2. The van der Waals surface area contributed by atoms with Crippen LogP contribution in [-0.2, 0) is 15.1 Å². The van der Waals surface area contributed by atoms with Crippen molar-refractivity contribution < 1.29 is 28.5 Å². The molecule has 0 bridgehead atoms. The summed E-state index contributed by atoms with van der Waals surface area (Å²) in [7, 11) is 2.88. The van der Waals surface area contributed by atoms with Gasteiger partial charge < -0.3 is 24.7 Å². The number of benzene rings is 2. The maximum Gasteiger partial charge on any atom is 0.236 e. The minimum absolute atomic E-state index is 0.0854. The second kappa shape index (κ2) is 7.90. The highest BCUT2D eigenvalue weighted by Gasteiger charge is 2.64. The lowest BCUT2D eigenvalue weighted by Gasteiger charge is -2.35. The first-order valence-electron chi connectivity index (χ1n) is 10.8. The van der Waals surface area contributed by atoms with E-state index >= 15 is 0 Å². The first-order valence-corrected chi connectivity index (χ1v) is 11.6. The van der Waals surface area contributed by atoms with E-state index in [4.69, 9.17) is 47.9 Å². The molecule has 0 fully saturated rings. The largest absolute Gasteiger partial charge is 0.496 e. The molecule has 0 saturated carbocycles. The summed E-state index contributed by atoms with van der Waals surface area (Å²) in [5, 5.41) is 0.602.